The maximum atomic E-state index is 11.2. The number of aliphatic hydroxyl groups excluding tert-OH is 1. The van der Waals surface area contributed by atoms with Gasteiger partial charge in [0, 0.05) is 6.42 Å². The molecule has 1 unspecified atom stereocenters. The normalized spacial score (nSPS) is 15.7. The SMILES string of the molecule is NC(O)CCC(F)(F)F. The maximum absolute atomic E-state index is 11.2. The van der Waals surface area contributed by atoms with Crippen molar-refractivity contribution >= 4 is 0 Å². The van der Waals surface area contributed by atoms with E-state index in [2.05, 4.69) is 5.73 Å². The summed E-state index contributed by atoms with van der Waals surface area (Å²) in [7, 11) is 0. The Bertz CT molecular complexity index is 80.4. The van der Waals surface area contributed by atoms with E-state index in [0.29, 0.717) is 0 Å². The van der Waals surface area contributed by atoms with Crippen molar-refractivity contribution in [3.63, 3.8) is 0 Å². The van der Waals surface area contributed by atoms with Crippen LogP contribution in [0.25, 0.3) is 0 Å². The minimum Gasteiger partial charge on any atom is -0.379 e. The molecule has 3 N–H and O–H groups in total. The van der Waals surface area contributed by atoms with Gasteiger partial charge in [-0.15, -0.1) is 0 Å². The molecule has 0 aliphatic heterocycles. The Morgan fingerprint density at radius 2 is 1.89 bits per heavy atom. The Morgan fingerprint density at radius 3 is 2.00 bits per heavy atom. The van der Waals surface area contributed by atoms with Crippen molar-refractivity contribution in [1.82, 2.24) is 0 Å². The molecule has 0 radical (unpaired) electrons. The van der Waals surface area contributed by atoms with Gasteiger partial charge in [0.2, 0.25) is 0 Å². The zero-order valence-electron chi connectivity index (χ0n) is 4.65. The molecule has 0 aromatic carbocycles. The molecule has 5 heteroatoms. The number of nitrogens with two attached hydrogens (primary N) is 1. The summed E-state index contributed by atoms with van der Waals surface area (Å²) < 4.78 is 33.7. The van der Waals surface area contributed by atoms with Crippen molar-refractivity contribution in [1.29, 1.82) is 0 Å². The molecule has 9 heavy (non-hydrogen) atoms. The highest BCUT2D eigenvalue weighted by Gasteiger charge is 2.26. The highest BCUT2D eigenvalue weighted by molar-refractivity contribution is 4.52. The fraction of sp³-hybridized carbons (Fsp3) is 1.00. The van der Waals surface area contributed by atoms with Crippen LogP contribution in [0.3, 0.4) is 0 Å². The summed E-state index contributed by atoms with van der Waals surface area (Å²) in [6, 6.07) is 0. The van der Waals surface area contributed by atoms with E-state index in [9.17, 15) is 13.2 Å². The van der Waals surface area contributed by atoms with E-state index in [4.69, 9.17) is 5.11 Å². The molecule has 1 atom stereocenters. The lowest BCUT2D eigenvalue weighted by molar-refractivity contribution is -0.139. The summed E-state index contributed by atoms with van der Waals surface area (Å²) in [5.41, 5.74) is 4.66. The first kappa shape index (κ1) is 8.71. The molecule has 0 aliphatic carbocycles. The van der Waals surface area contributed by atoms with Gasteiger partial charge >= 0.3 is 6.18 Å². The van der Waals surface area contributed by atoms with Gasteiger partial charge in [0.15, 0.2) is 0 Å². The molecule has 56 valence electrons. The highest BCUT2D eigenvalue weighted by Crippen LogP contribution is 2.21. The van der Waals surface area contributed by atoms with Crippen LogP contribution >= 0.6 is 0 Å². The molecule has 0 aromatic rings. The average molecular weight is 143 g/mol. The third-order valence-electron chi connectivity index (χ3n) is 0.724. The Labute approximate surface area is 50.5 Å². The van der Waals surface area contributed by atoms with E-state index >= 15 is 0 Å². The quantitative estimate of drug-likeness (QED) is 0.556. The topological polar surface area (TPSA) is 46.2 Å². The zero-order valence-corrected chi connectivity index (χ0v) is 4.65. The van der Waals surface area contributed by atoms with Crippen molar-refractivity contribution in [2.24, 2.45) is 5.73 Å². The Morgan fingerprint density at radius 1 is 1.44 bits per heavy atom. The molecule has 0 bridgehead atoms. The van der Waals surface area contributed by atoms with Gasteiger partial charge in [0.05, 0.1) is 0 Å². The van der Waals surface area contributed by atoms with E-state index in [1.54, 1.807) is 0 Å². The van der Waals surface area contributed by atoms with Crippen molar-refractivity contribution in [3.05, 3.63) is 0 Å². The molecular formula is C4H8F3NO. The number of aliphatic hydroxyl groups is 1. The monoisotopic (exact) mass is 143 g/mol. The van der Waals surface area contributed by atoms with Crippen LogP contribution in [0.2, 0.25) is 0 Å². The van der Waals surface area contributed by atoms with Crippen LogP contribution in [-0.2, 0) is 0 Å². The zero-order chi connectivity index (χ0) is 7.49. The third kappa shape index (κ3) is 7.71. The van der Waals surface area contributed by atoms with E-state index in [1.165, 1.54) is 0 Å². The van der Waals surface area contributed by atoms with Gasteiger partial charge in [-0.05, 0) is 6.42 Å². The molecule has 0 saturated carbocycles. The summed E-state index contributed by atoms with van der Waals surface area (Å²) in [4.78, 5) is 0. The third-order valence-corrected chi connectivity index (χ3v) is 0.724. The molecule has 0 heterocycles. The van der Waals surface area contributed by atoms with Crippen LogP contribution in [0.1, 0.15) is 12.8 Å². The largest absolute Gasteiger partial charge is 0.389 e. The second-order valence-corrected chi connectivity index (χ2v) is 1.72. The van der Waals surface area contributed by atoms with Crippen LogP contribution in [0.5, 0.6) is 0 Å². The lowest BCUT2D eigenvalue weighted by Gasteiger charge is -2.06. The average Bonchev–Trinajstić information content (AvgIpc) is 1.59. The highest BCUT2D eigenvalue weighted by atomic mass is 19.4. The molecule has 0 saturated heterocycles. The molecule has 0 fully saturated rings. The van der Waals surface area contributed by atoms with E-state index < -0.39 is 25.2 Å². The minimum absolute atomic E-state index is 0.427. The van der Waals surface area contributed by atoms with Crippen LogP contribution in [-0.4, -0.2) is 17.5 Å². The number of hydrogen-bond donors (Lipinski definition) is 2. The van der Waals surface area contributed by atoms with Crippen molar-refractivity contribution in [2.45, 2.75) is 25.2 Å². The first-order valence-corrected chi connectivity index (χ1v) is 2.42. The summed E-state index contributed by atoms with van der Waals surface area (Å²) in [5.74, 6) is 0. The number of halogens is 3. The van der Waals surface area contributed by atoms with Crippen molar-refractivity contribution in [3.8, 4) is 0 Å². The second kappa shape index (κ2) is 3.03. The van der Waals surface area contributed by atoms with Crippen LogP contribution in [0.15, 0.2) is 0 Å². The smallest absolute Gasteiger partial charge is 0.379 e. The van der Waals surface area contributed by atoms with Gasteiger partial charge < -0.3 is 10.8 Å². The number of rotatable bonds is 2. The van der Waals surface area contributed by atoms with E-state index in [-0.39, 0.29) is 0 Å². The molecule has 0 spiro atoms. The summed E-state index contributed by atoms with van der Waals surface area (Å²) in [6.07, 6.45) is -7.01. The van der Waals surface area contributed by atoms with Crippen LogP contribution in [0, 0.1) is 0 Å². The lowest BCUT2D eigenvalue weighted by Crippen LogP contribution is -2.21. The first-order chi connectivity index (χ1) is 3.92. The Balaban J connectivity index is 3.28. The number of hydrogen-bond acceptors (Lipinski definition) is 2. The maximum Gasteiger partial charge on any atom is 0.389 e. The summed E-state index contributed by atoms with van der Waals surface area (Å²) in [5, 5.41) is 8.19. The molecule has 0 aromatic heterocycles. The molecular weight excluding hydrogens is 135 g/mol. The van der Waals surface area contributed by atoms with Gasteiger partial charge in [-0.3, -0.25) is 0 Å². The second-order valence-electron chi connectivity index (χ2n) is 1.72. The van der Waals surface area contributed by atoms with Gasteiger partial charge in [-0.2, -0.15) is 13.2 Å². The van der Waals surface area contributed by atoms with Crippen molar-refractivity contribution in [2.75, 3.05) is 0 Å². The van der Waals surface area contributed by atoms with Gasteiger partial charge in [-0.25, -0.2) is 0 Å². The molecule has 2 nitrogen and oxygen atoms in total. The van der Waals surface area contributed by atoms with Crippen molar-refractivity contribution < 1.29 is 18.3 Å². The fourth-order valence-corrected chi connectivity index (χ4v) is 0.312. The predicted octanol–water partition coefficient (Wildman–Crippen LogP) is 0.606. The van der Waals surface area contributed by atoms with Crippen LogP contribution < -0.4 is 5.73 Å². The van der Waals surface area contributed by atoms with Crippen LogP contribution in [0.4, 0.5) is 13.2 Å². The molecule has 0 aliphatic rings. The van der Waals surface area contributed by atoms with Gasteiger partial charge in [0.25, 0.3) is 0 Å². The Hall–Kier alpha value is -0.290. The first-order valence-electron chi connectivity index (χ1n) is 2.42. The van der Waals surface area contributed by atoms with Gasteiger partial charge in [0.1, 0.15) is 6.23 Å². The number of alkyl halides is 3. The standard InChI is InChI=1S/C4H8F3NO/c5-4(6,7)2-1-3(8)9/h3,9H,1-2,8H2. The lowest BCUT2D eigenvalue weighted by atomic mass is 10.3. The summed E-state index contributed by atoms with van der Waals surface area (Å²) in [6.45, 7) is 0. The minimum atomic E-state index is -4.21. The van der Waals surface area contributed by atoms with Gasteiger partial charge in [-0.1, -0.05) is 0 Å². The molecule has 0 rings (SSSR count). The van der Waals surface area contributed by atoms with E-state index in [0.717, 1.165) is 0 Å². The fourth-order valence-electron chi connectivity index (χ4n) is 0.312. The van der Waals surface area contributed by atoms with E-state index in [1.807, 2.05) is 0 Å². The predicted molar refractivity (Wildman–Crippen MR) is 25.5 cm³/mol. The Kier molecular flexibility index (Phi) is 2.93. The molecule has 0 amide bonds. The summed E-state index contributed by atoms with van der Waals surface area (Å²) >= 11 is 0.